The number of benzene rings is 2. The molecule has 2 aromatic carbocycles. The number of fused-ring (bicyclic) bond motifs is 1. The van der Waals surface area contributed by atoms with Crippen LogP contribution in [-0.4, -0.2) is 63.6 Å². The summed E-state index contributed by atoms with van der Waals surface area (Å²) in [6.07, 6.45) is 1.82. The number of rotatable bonds is 7. The van der Waals surface area contributed by atoms with Crippen molar-refractivity contribution in [3.8, 4) is 22.8 Å². The molecule has 226 valence electrons. The number of hydrogen-bond acceptors (Lipinski definition) is 6. The second-order valence-corrected chi connectivity index (χ2v) is 11.9. The van der Waals surface area contributed by atoms with E-state index in [0.29, 0.717) is 59.4 Å². The van der Waals surface area contributed by atoms with Crippen LogP contribution in [0.2, 0.25) is 5.02 Å². The van der Waals surface area contributed by atoms with Crippen LogP contribution in [0.3, 0.4) is 0 Å². The van der Waals surface area contributed by atoms with Gasteiger partial charge >= 0.3 is 5.97 Å². The van der Waals surface area contributed by atoms with E-state index in [1.54, 1.807) is 73.9 Å². The molecular formula is C32H33ClFN3O6. The molecule has 2 amide bonds. The summed E-state index contributed by atoms with van der Waals surface area (Å²) in [6, 6.07) is 12.8. The van der Waals surface area contributed by atoms with E-state index in [4.69, 9.17) is 21.1 Å². The number of para-hydroxylation sites is 1. The van der Waals surface area contributed by atoms with Crippen LogP contribution in [0.15, 0.2) is 54.7 Å². The van der Waals surface area contributed by atoms with Gasteiger partial charge in [-0.3, -0.25) is 14.4 Å². The first-order valence-electron chi connectivity index (χ1n) is 14.1. The summed E-state index contributed by atoms with van der Waals surface area (Å²) in [5.74, 6) is -2.30. The summed E-state index contributed by atoms with van der Waals surface area (Å²) in [4.78, 5) is 45.6. The molecule has 11 heteroatoms. The van der Waals surface area contributed by atoms with Gasteiger partial charge in [0.25, 0.3) is 11.8 Å². The molecule has 1 saturated heterocycles. The lowest BCUT2D eigenvalue weighted by molar-refractivity contribution is -0.143. The van der Waals surface area contributed by atoms with Crippen molar-refractivity contribution < 1.29 is 33.4 Å². The predicted molar refractivity (Wildman–Crippen MR) is 159 cm³/mol. The van der Waals surface area contributed by atoms with Gasteiger partial charge < -0.3 is 24.4 Å². The van der Waals surface area contributed by atoms with E-state index in [2.05, 4.69) is 4.98 Å². The molecule has 5 rings (SSSR count). The van der Waals surface area contributed by atoms with Crippen LogP contribution in [0, 0.1) is 11.7 Å². The van der Waals surface area contributed by atoms with E-state index in [9.17, 15) is 19.5 Å². The summed E-state index contributed by atoms with van der Waals surface area (Å²) in [6.45, 7) is 7.26. The highest BCUT2D eigenvalue weighted by atomic mass is 35.5. The van der Waals surface area contributed by atoms with Gasteiger partial charge in [0.1, 0.15) is 23.4 Å². The smallest absolute Gasteiger partial charge is 0.309 e. The standard InChI is InChI=1S/C32H33ClFN3O6/c1-18(30(39)40)19(2)42-27-8-6-5-7-23(27)20-9-10-24(25(34)15-20)29(38)36-13-11-22(12-14-36)37-26-16-21(33)17-35-28(26)43-32(3,4)31(37)41/h5-10,15-19,22H,11-14H2,1-4H3,(H,39,40)/t18-,19-/m1/s1. The molecule has 3 aromatic rings. The number of pyridine rings is 1. The van der Waals surface area contributed by atoms with Crippen LogP contribution in [0.4, 0.5) is 10.1 Å². The number of piperidine rings is 1. The van der Waals surface area contributed by atoms with Crippen molar-refractivity contribution in [3.63, 3.8) is 0 Å². The molecule has 3 heterocycles. The van der Waals surface area contributed by atoms with Crippen molar-refractivity contribution in [2.75, 3.05) is 18.0 Å². The number of aromatic nitrogens is 1. The fraction of sp³-hybridized carbons (Fsp3) is 0.375. The first kappa shape index (κ1) is 30.3. The Labute approximate surface area is 254 Å². The van der Waals surface area contributed by atoms with Gasteiger partial charge in [-0.2, -0.15) is 0 Å². The molecule has 0 radical (unpaired) electrons. The summed E-state index contributed by atoms with van der Waals surface area (Å²) in [5, 5.41) is 9.69. The quantitative estimate of drug-likeness (QED) is 0.358. The molecule has 2 aliphatic rings. The number of anilines is 1. The molecule has 9 nitrogen and oxygen atoms in total. The molecule has 0 aliphatic carbocycles. The zero-order valence-electron chi connectivity index (χ0n) is 24.3. The van der Waals surface area contributed by atoms with Gasteiger partial charge in [0, 0.05) is 30.9 Å². The maximum Gasteiger partial charge on any atom is 0.309 e. The van der Waals surface area contributed by atoms with Crippen LogP contribution < -0.4 is 14.4 Å². The number of carboxylic acid groups (broad SMARTS) is 1. The summed E-state index contributed by atoms with van der Waals surface area (Å²) >= 11 is 6.18. The van der Waals surface area contributed by atoms with Gasteiger partial charge in [-0.05, 0) is 70.4 Å². The van der Waals surface area contributed by atoms with Gasteiger partial charge in [-0.1, -0.05) is 35.9 Å². The Morgan fingerprint density at radius 2 is 1.84 bits per heavy atom. The van der Waals surface area contributed by atoms with Crippen molar-refractivity contribution in [2.45, 2.75) is 58.3 Å². The van der Waals surface area contributed by atoms with Crippen molar-refractivity contribution in [1.29, 1.82) is 0 Å². The van der Waals surface area contributed by atoms with Crippen molar-refractivity contribution in [3.05, 3.63) is 71.1 Å². The van der Waals surface area contributed by atoms with E-state index in [-0.39, 0.29) is 17.5 Å². The Morgan fingerprint density at radius 3 is 2.51 bits per heavy atom. The number of carbonyl (C=O) groups excluding carboxylic acids is 2. The molecule has 0 saturated carbocycles. The van der Waals surface area contributed by atoms with E-state index < -0.39 is 35.3 Å². The number of amides is 2. The van der Waals surface area contributed by atoms with Crippen LogP contribution in [-0.2, 0) is 9.59 Å². The Bertz CT molecular complexity index is 1570. The lowest BCUT2D eigenvalue weighted by Crippen LogP contribution is -2.58. The van der Waals surface area contributed by atoms with E-state index in [0.717, 1.165) is 0 Å². The first-order valence-corrected chi connectivity index (χ1v) is 14.5. The minimum atomic E-state index is -1.11. The number of nitrogens with zero attached hydrogens (tertiary/aromatic N) is 3. The van der Waals surface area contributed by atoms with Crippen LogP contribution in [0.5, 0.6) is 11.6 Å². The van der Waals surface area contributed by atoms with E-state index in [1.165, 1.54) is 18.3 Å². The molecule has 1 N–H and O–H groups in total. The fourth-order valence-corrected chi connectivity index (χ4v) is 5.53. The van der Waals surface area contributed by atoms with Gasteiger partial charge in [-0.25, -0.2) is 9.37 Å². The first-order chi connectivity index (χ1) is 20.4. The number of carbonyl (C=O) groups is 3. The lowest BCUT2D eigenvalue weighted by Gasteiger charge is -2.44. The zero-order chi connectivity index (χ0) is 31.1. The number of carboxylic acids is 1. The number of likely N-dealkylation sites (tertiary alicyclic amines) is 1. The molecule has 43 heavy (non-hydrogen) atoms. The zero-order valence-corrected chi connectivity index (χ0v) is 25.1. The second-order valence-electron chi connectivity index (χ2n) is 11.4. The van der Waals surface area contributed by atoms with Crippen LogP contribution >= 0.6 is 11.6 Å². The van der Waals surface area contributed by atoms with E-state index in [1.807, 2.05) is 0 Å². The van der Waals surface area contributed by atoms with Crippen LogP contribution in [0.25, 0.3) is 11.1 Å². The number of aliphatic carboxylic acids is 1. The summed E-state index contributed by atoms with van der Waals surface area (Å²) in [7, 11) is 0. The largest absolute Gasteiger partial charge is 0.489 e. The Kier molecular flexibility index (Phi) is 8.34. The predicted octanol–water partition coefficient (Wildman–Crippen LogP) is 5.84. The second kappa shape index (κ2) is 11.8. The molecule has 0 bridgehead atoms. The molecule has 2 atom stereocenters. The maximum absolute atomic E-state index is 15.4. The van der Waals surface area contributed by atoms with Gasteiger partial charge in [-0.15, -0.1) is 0 Å². The summed E-state index contributed by atoms with van der Waals surface area (Å²) in [5.41, 5.74) is 0.413. The van der Waals surface area contributed by atoms with E-state index >= 15 is 4.39 Å². The lowest BCUT2D eigenvalue weighted by atomic mass is 9.96. The minimum Gasteiger partial charge on any atom is -0.489 e. The number of hydrogen-bond donors (Lipinski definition) is 1. The highest BCUT2D eigenvalue weighted by Gasteiger charge is 2.45. The van der Waals surface area contributed by atoms with Gasteiger partial charge in [0.15, 0.2) is 5.60 Å². The minimum absolute atomic E-state index is 0.0571. The maximum atomic E-state index is 15.4. The van der Waals surface area contributed by atoms with Gasteiger partial charge in [0.2, 0.25) is 5.88 Å². The molecule has 1 fully saturated rings. The number of halogens is 2. The van der Waals surface area contributed by atoms with Crippen molar-refractivity contribution >= 4 is 35.1 Å². The highest BCUT2D eigenvalue weighted by molar-refractivity contribution is 6.31. The highest BCUT2D eigenvalue weighted by Crippen LogP contribution is 2.40. The third-order valence-electron chi connectivity index (χ3n) is 8.06. The monoisotopic (exact) mass is 609 g/mol. The normalized spacial score (nSPS) is 18.0. The third kappa shape index (κ3) is 6.01. The average molecular weight is 610 g/mol. The number of ether oxygens (including phenoxy) is 2. The average Bonchev–Trinajstić information content (AvgIpc) is 2.97. The van der Waals surface area contributed by atoms with Gasteiger partial charge in [0.05, 0.1) is 16.5 Å². The fourth-order valence-electron chi connectivity index (χ4n) is 5.38. The summed E-state index contributed by atoms with van der Waals surface area (Å²) < 4.78 is 27.2. The molecule has 2 aliphatic heterocycles. The van der Waals surface area contributed by atoms with Crippen molar-refractivity contribution in [1.82, 2.24) is 9.88 Å². The molecule has 0 unspecified atom stereocenters. The third-order valence-corrected chi connectivity index (χ3v) is 8.27. The topological polar surface area (TPSA) is 109 Å². The molecule has 1 aromatic heterocycles. The Balaban J connectivity index is 1.30. The molecule has 0 spiro atoms. The Morgan fingerprint density at radius 1 is 1.14 bits per heavy atom. The van der Waals surface area contributed by atoms with Crippen LogP contribution in [0.1, 0.15) is 50.9 Å². The van der Waals surface area contributed by atoms with Crippen molar-refractivity contribution in [2.24, 2.45) is 5.92 Å². The Hall–Kier alpha value is -4.18. The SMILES string of the molecule is C[C@@H](Oc1ccccc1-c1ccc(C(=O)N2CCC(N3C(=O)C(C)(C)Oc4ncc(Cl)cc43)CC2)c(F)c1)[C@@H](C)C(=O)O. The molecular weight excluding hydrogens is 577 g/mol.